The van der Waals surface area contributed by atoms with Crippen LogP contribution in [0.4, 0.5) is 0 Å². The maximum atomic E-state index is 11.6. The van der Waals surface area contributed by atoms with Gasteiger partial charge in [0.05, 0.1) is 26.4 Å². The third-order valence-electron chi connectivity index (χ3n) is 4.03. The highest BCUT2D eigenvalue weighted by atomic mass is 16.5. The van der Waals surface area contributed by atoms with Crippen molar-refractivity contribution in [1.82, 2.24) is 10.6 Å². The van der Waals surface area contributed by atoms with Crippen molar-refractivity contribution in [2.24, 2.45) is 5.92 Å². The molecule has 7 nitrogen and oxygen atoms in total. The van der Waals surface area contributed by atoms with Crippen LogP contribution in [-0.4, -0.2) is 64.5 Å². The van der Waals surface area contributed by atoms with E-state index in [1.165, 1.54) is 0 Å². The lowest BCUT2D eigenvalue weighted by Gasteiger charge is -2.09. The summed E-state index contributed by atoms with van der Waals surface area (Å²) in [5.41, 5.74) is 0. The van der Waals surface area contributed by atoms with E-state index in [0.29, 0.717) is 71.5 Å². The highest BCUT2D eigenvalue weighted by molar-refractivity contribution is 5.76. The van der Waals surface area contributed by atoms with Crippen LogP contribution in [0, 0.1) is 5.92 Å². The van der Waals surface area contributed by atoms with Gasteiger partial charge in [0.1, 0.15) is 0 Å². The van der Waals surface area contributed by atoms with Crippen LogP contribution in [-0.2, 0) is 23.8 Å². The van der Waals surface area contributed by atoms with E-state index in [1.54, 1.807) is 0 Å². The minimum atomic E-state index is 0. The van der Waals surface area contributed by atoms with Crippen LogP contribution < -0.4 is 10.6 Å². The molecule has 0 aromatic rings. The summed E-state index contributed by atoms with van der Waals surface area (Å²) in [6.45, 7) is 10.9. The lowest BCUT2D eigenvalue weighted by Crippen LogP contribution is -2.26. The number of ether oxygens (including phenoxy) is 3. The molecule has 2 amide bonds. The first-order chi connectivity index (χ1) is 13.1. The van der Waals surface area contributed by atoms with Crippen LogP contribution in [0.15, 0.2) is 0 Å². The molecule has 2 N–H and O–H groups in total. The Morgan fingerprint density at radius 3 is 1.78 bits per heavy atom. The molecule has 0 saturated carbocycles. The number of hydrogen-bond donors (Lipinski definition) is 2. The summed E-state index contributed by atoms with van der Waals surface area (Å²) >= 11 is 0. The van der Waals surface area contributed by atoms with Crippen molar-refractivity contribution < 1.29 is 26.7 Å². The molecule has 0 fully saturated rings. The fraction of sp³-hybridized carbons (Fsp3) is 0.900. The second-order valence-corrected chi connectivity index (χ2v) is 6.71. The van der Waals surface area contributed by atoms with Gasteiger partial charge in [-0.1, -0.05) is 27.2 Å². The fourth-order valence-electron chi connectivity index (χ4n) is 2.19. The summed E-state index contributed by atoms with van der Waals surface area (Å²) in [6, 6.07) is 0. The molecule has 0 aliphatic heterocycles. The molecule has 0 bridgehead atoms. The average molecular weight is 393 g/mol. The number of carbonyl (C=O) groups excluding carboxylic acids is 2. The van der Waals surface area contributed by atoms with Crippen molar-refractivity contribution >= 4 is 11.8 Å². The van der Waals surface area contributed by atoms with E-state index >= 15 is 0 Å². The topological polar surface area (TPSA) is 85.9 Å². The zero-order valence-corrected chi connectivity index (χ0v) is 17.5. The van der Waals surface area contributed by atoms with Crippen LogP contribution in [0.1, 0.15) is 62.1 Å². The summed E-state index contributed by atoms with van der Waals surface area (Å²) in [7, 11) is 0. The van der Waals surface area contributed by atoms with E-state index in [0.717, 1.165) is 25.7 Å². The van der Waals surface area contributed by atoms with E-state index < -0.39 is 0 Å². The zero-order valence-electron chi connectivity index (χ0n) is 17.5. The van der Waals surface area contributed by atoms with Gasteiger partial charge in [-0.05, 0) is 25.2 Å². The molecule has 27 heavy (non-hydrogen) atoms. The van der Waals surface area contributed by atoms with Crippen molar-refractivity contribution in [3.05, 3.63) is 0 Å². The number of hydrogen-bond acceptors (Lipinski definition) is 5. The molecule has 0 aromatic carbocycles. The summed E-state index contributed by atoms with van der Waals surface area (Å²) in [5.74, 6) is 0.666. The number of amides is 2. The fourth-order valence-corrected chi connectivity index (χ4v) is 2.19. The van der Waals surface area contributed by atoms with Gasteiger partial charge in [-0.15, -0.1) is 0 Å². The highest BCUT2D eigenvalue weighted by Crippen LogP contribution is 2.05. The quantitative estimate of drug-likeness (QED) is 0.330. The first kappa shape index (κ1) is 25.8. The Labute approximate surface area is 167 Å². The smallest absolute Gasteiger partial charge is 0.220 e. The Balaban J connectivity index is -0.00000338. The SMILES string of the molecule is CCCC(=O)NCCCOCCOCCOCCCNC(=O)CC(C)CC.[HH].[HH]. The summed E-state index contributed by atoms with van der Waals surface area (Å²) in [4.78, 5) is 22.8. The molecule has 0 spiro atoms. The largest absolute Gasteiger partial charge is 0.379 e. The molecule has 7 heteroatoms. The van der Waals surface area contributed by atoms with E-state index in [9.17, 15) is 9.59 Å². The molecule has 0 aromatic heterocycles. The maximum Gasteiger partial charge on any atom is 0.220 e. The molecule has 0 heterocycles. The van der Waals surface area contributed by atoms with Crippen molar-refractivity contribution in [2.75, 3.05) is 52.7 Å². The van der Waals surface area contributed by atoms with Crippen LogP contribution in [0.5, 0.6) is 0 Å². The van der Waals surface area contributed by atoms with E-state index in [4.69, 9.17) is 14.2 Å². The van der Waals surface area contributed by atoms with Crippen molar-refractivity contribution in [1.29, 1.82) is 0 Å². The van der Waals surface area contributed by atoms with Crippen molar-refractivity contribution in [3.8, 4) is 0 Å². The maximum absolute atomic E-state index is 11.6. The van der Waals surface area contributed by atoms with Gasteiger partial charge in [0.25, 0.3) is 0 Å². The minimum Gasteiger partial charge on any atom is -0.379 e. The molecular weight excluding hydrogens is 348 g/mol. The minimum absolute atomic E-state index is 0. The molecule has 0 rings (SSSR count). The first-order valence-corrected chi connectivity index (χ1v) is 10.4. The van der Waals surface area contributed by atoms with Crippen LogP contribution >= 0.6 is 0 Å². The summed E-state index contributed by atoms with van der Waals surface area (Å²) < 4.78 is 16.3. The number of rotatable bonds is 19. The second kappa shape index (κ2) is 19.6. The van der Waals surface area contributed by atoms with Gasteiger partial charge in [-0.25, -0.2) is 0 Å². The molecule has 0 saturated heterocycles. The molecule has 0 aliphatic carbocycles. The van der Waals surface area contributed by atoms with Gasteiger partial charge in [0.2, 0.25) is 11.8 Å². The third kappa shape index (κ3) is 19.4. The Hall–Kier alpha value is -1.18. The highest BCUT2D eigenvalue weighted by Gasteiger charge is 2.05. The van der Waals surface area contributed by atoms with E-state index in [2.05, 4.69) is 24.5 Å². The standard InChI is InChI=1S/C20H40N2O5.2H2/c1-4-8-19(23)21-9-6-11-25-13-15-27-16-14-26-12-7-10-22-20(24)17-18(3)5-2;;/h18H,4-17H2,1-3H3,(H,21,23)(H,22,24);2*1H. The molecule has 0 aliphatic rings. The number of carbonyl (C=O) groups is 2. The van der Waals surface area contributed by atoms with E-state index in [-0.39, 0.29) is 14.7 Å². The molecule has 0 radical (unpaired) electrons. The Kier molecular flexibility index (Phi) is 18.7. The van der Waals surface area contributed by atoms with Crippen LogP contribution in [0.3, 0.4) is 0 Å². The Bertz CT molecular complexity index is 377. The Morgan fingerprint density at radius 1 is 0.815 bits per heavy atom. The molecule has 1 unspecified atom stereocenters. The molecule has 1 atom stereocenters. The van der Waals surface area contributed by atoms with Gasteiger partial charge in [-0.3, -0.25) is 9.59 Å². The molecule has 164 valence electrons. The lowest BCUT2D eigenvalue weighted by atomic mass is 10.1. The average Bonchev–Trinajstić information content (AvgIpc) is 2.64. The monoisotopic (exact) mass is 392 g/mol. The molecular formula is C20H44N2O5. The predicted molar refractivity (Wildman–Crippen MR) is 111 cm³/mol. The second-order valence-electron chi connectivity index (χ2n) is 6.71. The predicted octanol–water partition coefficient (Wildman–Crippen LogP) is 2.78. The van der Waals surface area contributed by atoms with Crippen molar-refractivity contribution in [2.45, 2.75) is 59.3 Å². The lowest BCUT2D eigenvalue weighted by molar-refractivity contribution is -0.122. The van der Waals surface area contributed by atoms with E-state index in [1.807, 2.05) is 6.92 Å². The van der Waals surface area contributed by atoms with Gasteiger partial charge in [0.15, 0.2) is 0 Å². The van der Waals surface area contributed by atoms with Crippen LogP contribution in [0.25, 0.3) is 0 Å². The summed E-state index contributed by atoms with van der Waals surface area (Å²) in [5, 5.41) is 5.76. The summed E-state index contributed by atoms with van der Waals surface area (Å²) in [6.07, 6.45) is 4.71. The third-order valence-corrected chi connectivity index (χ3v) is 4.03. The van der Waals surface area contributed by atoms with Gasteiger partial charge in [0, 0.05) is 42.0 Å². The van der Waals surface area contributed by atoms with Crippen molar-refractivity contribution in [3.63, 3.8) is 0 Å². The van der Waals surface area contributed by atoms with Gasteiger partial charge < -0.3 is 24.8 Å². The normalized spacial score (nSPS) is 12.0. The van der Waals surface area contributed by atoms with Gasteiger partial charge in [-0.2, -0.15) is 0 Å². The zero-order chi connectivity index (χ0) is 20.2. The number of nitrogens with one attached hydrogen (secondary N) is 2. The van der Waals surface area contributed by atoms with Gasteiger partial charge >= 0.3 is 0 Å². The van der Waals surface area contributed by atoms with Crippen LogP contribution in [0.2, 0.25) is 0 Å². The first-order valence-electron chi connectivity index (χ1n) is 10.4. The Morgan fingerprint density at radius 2 is 1.30 bits per heavy atom.